The third-order valence-electron chi connectivity index (χ3n) is 3.22. The molecule has 0 aliphatic rings. The van der Waals surface area contributed by atoms with E-state index in [0.717, 1.165) is 6.42 Å². The van der Waals surface area contributed by atoms with Crippen molar-refractivity contribution in [3.8, 4) is 11.8 Å². The Morgan fingerprint density at radius 2 is 2.09 bits per heavy atom. The van der Waals surface area contributed by atoms with Crippen LogP contribution in [0, 0.1) is 17.2 Å². The topological polar surface area (TPSA) is 70.4 Å². The van der Waals surface area contributed by atoms with Gasteiger partial charge in [0.05, 0.1) is 18.1 Å². The summed E-state index contributed by atoms with van der Waals surface area (Å²) >= 11 is 0. The Hall–Kier alpha value is -2.35. The number of nitriles is 1. The van der Waals surface area contributed by atoms with Crippen molar-refractivity contribution in [2.24, 2.45) is 5.92 Å². The van der Waals surface area contributed by atoms with Crippen molar-refractivity contribution in [3.05, 3.63) is 29.8 Å². The summed E-state index contributed by atoms with van der Waals surface area (Å²) in [6.45, 7) is 5.06. The summed E-state index contributed by atoms with van der Waals surface area (Å²) in [5, 5.41) is 8.69. The van der Waals surface area contributed by atoms with Crippen LogP contribution in [0.1, 0.15) is 37.0 Å². The minimum Gasteiger partial charge on any atom is -0.483 e. The predicted molar refractivity (Wildman–Crippen MR) is 83.6 cm³/mol. The number of ether oxygens (including phenoxy) is 1. The van der Waals surface area contributed by atoms with Crippen LogP contribution in [0.3, 0.4) is 0 Å². The van der Waals surface area contributed by atoms with Crippen LogP contribution in [0.25, 0.3) is 0 Å². The molecule has 0 unspecified atom stereocenters. The normalized spacial score (nSPS) is 10.1. The molecule has 0 aromatic heterocycles. The van der Waals surface area contributed by atoms with E-state index < -0.39 is 0 Å². The Morgan fingerprint density at radius 3 is 2.73 bits per heavy atom. The maximum atomic E-state index is 12.2. The zero-order valence-corrected chi connectivity index (χ0v) is 13.1. The van der Waals surface area contributed by atoms with E-state index in [0.29, 0.717) is 43.0 Å². The average Bonchev–Trinajstić information content (AvgIpc) is 2.52. The highest BCUT2D eigenvalue weighted by Crippen LogP contribution is 2.15. The molecule has 0 atom stereocenters. The van der Waals surface area contributed by atoms with Crippen LogP contribution in [0.2, 0.25) is 0 Å². The number of amides is 1. The highest BCUT2D eigenvalue weighted by atomic mass is 16.5. The molecule has 0 heterocycles. The summed E-state index contributed by atoms with van der Waals surface area (Å²) in [4.78, 5) is 24.8. The Balaban J connectivity index is 2.61. The molecule has 0 saturated carbocycles. The second kappa shape index (κ2) is 9.56. The van der Waals surface area contributed by atoms with Crippen LogP contribution in [-0.2, 0) is 4.79 Å². The molecule has 0 fully saturated rings. The Morgan fingerprint density at radius 1 is 1.36 bits per heavy atom. The number of para-hydroxylation sites is 1. The fourth-order valence-electron chi connectivity index (χ4n) is 1.90. The van der Waals surface area contributed by atoms with Gasteiger partial charge in [0.2, 0.25) is 0 Å². The lowest BCUT2D eigenvalue weighted by Crippen LogP contribution is -2.37. The maximum Gasteiger partial charge on any atom is 0.260 e. The molecule has 1 aromatic carbocycles. The standard InChI is InChI=1S/C17H22N2O3/c1-14(2)8-11-19(10-5-9-18)17(21)13-22-16-7-4-3-6-15(16)12-20/h3-4,6-7,12,14H,5,8,10-11,13H2,1-2H3. The first-order valence-corrected chi connectivity index (χ1v) is 7.40. The van der Waals surface area contributed by atoms with E-state index in [-0.39, 0.29) is 12.5 Å². The molecule has 0 bridgehead atoms. The molecule has 0 N–H and O–H groups in total. The zero-order chi connectivity index (χ0) is 16.4. The Labute approximate surface area is 131 Å². The van der Waals surface area contributed by atoms with Gasteiger partial charge in [0, 0.05) is 13.1 Å². The van der Waals surface area contributed by atoms with E-state index in [2.05, 4.69) is 19.9 Å². The summed E-state index contributed by atoms with van der Waals surface area (Å²) < 4.78 is 5.45. The quantitative estimate of drug-likeness (QED) is 0.658. The molecular formula is C17H22N2O3. The third-order valence-corrected chi connectivity index (χ3v) is 3.22. The molecule has 22 heavy (non-hydrogen) atoms. The number of rotatable bonds is 9. The van der Waals surface area contributed by atoms with Crippen molar-refractivity contribution < 1.29 is 14.3 Å². The molecule has 0 saturated heterocycles. The Kier molecular flexibility index (Phi) is 7.69. The number of carbonyl (C=O) groups excluding carboxylic acids is 2. The lowest BCUT2D eigenvalue weighted by atomic mass is 10.1. The maximum absolute atomic E-state index is 12.2. The van der Waals surface area contributed by atoms with Gasteiger partial charge in [-0.1, -0.05) is 26.0 Å². The van der Waals surface area contributed by atoms with Crippen LogP contribution in [-0.4, -0.2) is 36.8 Å². The first kappa shape index (κ1) is 17.7. The van der Waals surface area contributed by atoms with Crippen molar-refractivity contribution in [1.82, 2.24) is 4.90 Å². The largest absolute Gasteiger partial charge is 0.483 e. The number of hydrogen-bond acceptors (Lipinski definition) is 4. The van der Waals surface area contributed by atoms with Crippen molar-refractivity contribution >= 4 is 12.2 Å². The van der Waals surface area contributed by atoms with Gasteiger partial charge >= 0.3 is 0 Å². The number of nitrogens with zero attached hydrogens (tertiary/aromatic N) is 2. The second-order valence-corrected chi connectivity index (χ2v) is 5.42. The first-order valence-electron chi connectivity index (χ1n) is 7.40. The van der Waals surface area contributed by atoms with Crippen molar-refractivity contribution in [3.63, 3.8) is 0 Å². The van der Waals surface area contributed by atoms with Crippen molar-refractivity contribution in [2.45, 2.75) is 26.7 Å². The molecule has 5 heteroatoms. The van der Waals surface area contributed by atoms with Gasteiger partial charge in [-0.3, -0.25) is 9.59 Å². The summed E-state index contributed by atoms with van der Waals surface area (Å²) in [7, 11) is 0. The van der Waals surface area contributed by atoms with E-state index in [1.807, 2.05) is 0 Å². The molecule has 0 aliphatic heterocycles. The van der Waals surface area contributed by atoms with Crippen LogP contribution in [0.15, 0.2) is 24.3 Å². The summed E-state index contributed by atoms with van der Waals surface area (Å²) in [5.41, 5.74) is 0.418. The fraction of sp³-hybridized carbons (Fsp3) is 0.471. The second-order valence-electron chi connectivity index (χ2n) is 5.42. The first-order chi connectivity index (χ1) is 10.6. The van der Waals surface area contributed by atoms with Gasteiger partial charge in [-0.2, -0.15) is 5.26 Å². The van der Waals surface area contributed by atoms with Gasteiger partial charge in [0.15, 0.2) is 12.9 Å². The number of carbonyl (C=O) groups is 2. The lowest BCUT2D eigenvalue weighted by molar-refractivity contribution is -0.133. The molecule has 1 rings (SSSR count). The Bertz CT molecular complexity index is 535. The van der Waals surface area contributed by atoms with Gasteiger partial charge in [0.1, 0.15) is 5.75 Å². The van der Waals surface area contributed by atoms with Crippen molar-refractivity contribution in [1.29, 1.82) is 5.26 Å². The number of hydrogen-bond donors (Lipinski definition) is 0. The van der Waals surface area contributed by atoms with E-state index in [1.54, 1.807) is 29.2 Å². The van der Waals surface area contributed by atoms with Crippen LogP contribution < -0.4 is 4.74 Å². The lowest BCUT2D eigenvalue weighted by Gasteiger charge is -2.22. The third kappa shape index (κ3) is 5.96. The molecule has 1 aromatic rings. The van der Waals surface area contributed by atoms with Crippen LogP contribution >= 0.6 is 0 Å². The zero-order valence-electron chi connectivity index (χ0n) is 13.1. The van der Waals surface area contributed by atoms with Gasteiger partial charge in [-0.15, -0.1) is 0 Å². The molecule has 0 aliphatic carbocycles. The number of benzene rings is 1. The van der Waals surface area contributed by atoms with Gasteiger partial charge < -0.3 is 9.64 Å². The van der Waals surface area contributed by atoms with Gasteiger partial charge in [-0.05, 0) is 24.5 Å². The molecule has 0 spiro atoms. The summed E-state index contributed by atoms with van der Waals surface area (Å²) in [6.07, 6.45) is 1.88. The van der Waals surface area contributed by atoms with Crippen LogP contribution in [0.4, 0.5) is 0 Å². The highest BCUT2D eigenvalue weighted by Gasteiger charge is 2.15. The predicted octanol–water partition coefficient (Wildman–Crippen LogP) is 2.67. The minimum atomic E-state index is -0.170. The molecule has 1 amide bonds. The van der Waals surface area contributed by atoms with Crippen molar-refractivity contribution in [2.75, 3.05) is 19.7 Å². The molecular weight excluding hydrogens is 280 g/mol. The van der Waals surface area contributed by atoms with Crippen LogP contribution in [0.5, 0.6) is 5.75 Å². The molecule has 118 valence electrons. The average molecular weight is 302 g/mol. The molecule has 0 radical (unpaired) electrons. The summed E-state index contributed by atoms with van der Waals surface area (Å²) in [5.74, 6) is 0.709. The van der Waals surface area contributed by atoms with E-state index in [1.165, 1.54) is 0 Å². The minimum absolute atomic E-state index is 0.131. The van der Waals surface area contributed by atoms with Gasteiger partial charge in [-0.25, -0.2) is 0 Å². The monoisotopic (exact) mass is 302 g/mol. The highest BCUT2D eigenvalue weighted by molar-refractivity contribution is 5.80. The molecule has 5 nitrogen and oxygen atoms in total. The SMILES string of the molecule is CC(C)CCN(CCC#N)C(=O)COc1ccccc1C=O. The smallest absolute Gasteiger partial charge is 0.260 e. The number of aldehydes is 1. The summed E-state index contributed by atoms with van der Waals surface area (Å²) in [6, 6.07) is 8.83. The van der Waals surface area contributed by atoms with E-state index >= 15 is 0 Å². The fourth-order valence-corrected chi connectivity index (χ4v) is 1.90. The van der Waals surface area contributed by atoms with Gasteiger partial charge in [0.25, 0.3) is 5.91 Å². The van der Waals surface area contributed by atoms with E-state index in [9.17, 15) is 9.59 Å². The van der Waals surface area contributed by atoms with E-state index in [4.69, 9.17) is 10.00 Å².